The zero-order valence-electron chi connectivity index (χ0n) is 12.5. The van der Waals surface area contributed by atoms with Gasteiger partial charge in [0, 0.05) is 19.8 Å². The van der Waals surface area contributed by atoms with Gasteiger partial charge in [-0.15, -0.1) is 0 Å². The second-order valence-corrected chi connectivity index (χ2v) is 7.23. The van der Waals surface area contributed by atoms with Gasteiger partial charge in [-0.2, -0.15) is 0 Å². The molecular formula is C14H26O3Si. The topological polar surface area (TPSA) is 27.7 Å². The van der Waals surface area contributed by atoms with Crippen LogP contribution in [0.15, 0.2) is 22.8 Å². The van der Waals surface area contributed by atoms with Crippen LogP contribution < -0.4 is 0 Å². The molecular weight excluding hydrogens is 244 g/mol. The van der Waals surface area contributed by atoms with Gasteiger partial charge in [0.05, 0.1) is 5.54 Å². The standard InChI is InChI=1S/C14H26O3Si/c1-7-15-18(16-8-2,17-9-3)14-10-11(4)12(5)13(14)6/h10,14H,7-9H2,1-6H3. The van der Waals surface area contributed by atoms with Gasteiger partial charge in [0.25, 0.3) is 0 Å². The third-order valence-corrected chi connectivity index (χ3v) is 6.92. The fourth-order valence-electron chi connectivity index (χ4n) is 2.41. The predicted octanol–water partition coefficient (Wildman–Crippen LogP) is 3.70. The van der Waals surface area contributed by atoms with Crippen molar-refractivity contribution in [2.24, 2.45) is 0 Å². The molecule has 3 nitrogen and oxygen atoms in total. The van der Waals surface area contributed by atoms with Gasteiger partial charge < -0.3 is 13.3 Å². The molecule has 0 aromatic carbocycles. The van der Waals surface area contributed by atoms with E-state index in [1.165, 1.54) is 16.7 Å². The lowest BCUT2D eigenvalue weighted by Crippen LogP contribution is -2.50. The Morgan fingerprint density at radius 1 is 0.944 bits per heavy atom. The van der Waals surface area contributed by atoms with E-state index in [0.717, 1.165) is 0 Å². The molecule has 0 aromatic rings. The summed E-state index contributed by atoms with van der Waals surface area (Å²) >= 11 is 0. The van der Waals surface area contributed by atoms with Crippen LogP contribution in [0.2, 0.25) is 5.54 Å². The largest absolute Gasteiger partial charge is 0.512 e. The Kier molecular flexibility index (Phi) is 5.78. The molecule has 0 N–H and O–H groups in total. The highest BCUT2D eigenvalue weighted by Gasteiger charge is 2.50. The van der Waals surface area contributed by atoms with Gasteiger partial charge in [-0.3, -0.25) is 0 Å². The average Bonchev–Trinajstić information content (AvgIpc) is 2.58. The van der Waals surface area contributed by atoms with E-state index in [4.69, 9.17) is 13.3 Å². The molecule has 0 saturated heterocycles. The first-order valence-electron chi connectivity index (χ1n) is 6.80. The summed E-state index contributed by atoms with van der Waals surface area (Å²) in [5.74, 6) is 0. The molecule has 0 amide bonds. The van der Waals surface area contributed by atoms with Crippen molar-refractivity contribution in [1.29, 1.82) is 0 Å². The first-order valence-corrected chi connectivity index (χ1v) is 8.60. The molecule has 0 aromatic heterocycles. The van der Waals surface area contributed by atoms with Crippen molar-refractivity contribution < 1.29 is 13.3 Å². The normalized spacial score (nSPS) is 20.6. The van der Waals surface area contributed by atoms with Crippen LogP contribution in [-0.2, 0) is 13.3 Å². The smallest absolute Gasteiger partial charge is 0.373 e. The third-order valence-electron chi connectivity index (χ3n) is 3.48. The molecule has 0 aliphatic heterocycles. The molecule has 104 valence electrons. The van der Waals surface area contributed by atoms with E-state index in [0.29, 0.717) is 19.8 Å². The molecule has 0 spiro atoms. The van der Waals surface area contributed by atoms with Crippen molar-refractivity contribution in [2.75, 3.05) is 19.8 Å². The summed E-state index contributed by atoms with van der Waals surface area (Å²) in [6.07, 6.45) is 2.25. The highest BCUT2D eigenvalue weighted by molar-refractivity contribution is 6.64. The van der Waals surface area contributed by atoms with E-state index in [1.807, 2.05) is 20.8 Å². The summed E-state index contributed by atoms with van der Waals surface area (Å²) in [5, 5.41) is 0. The van der Waals surface area contributed by atoms with Gasteiger partial charge in [0.2, 0.25) is 0 Å². The van der Waals surface area contributed by atoms with Gasteiger partial charge in [0.1, 0.15) is 0 Å². The summed E-state index contributed by atoms with van der Waals surface area (Å²) in [6, 6.07) is 0. The van der Waals surface area contributed by atoms with Crippen LogP contribution in [0.1, 0.15) is 41.5 Å². The molecule has 4 heteroatoms. The molecule has 1 unspecified atom stereocenters. The number of hydrogen-bond donors (Lipinski definition) is 0. The minimum absolute atomic E-state index is 0.178. The van der Waals surface area contributed by atoms with Crippen LogP contribution in [0.5, 0.6) is 0 Å². The van der Waals surface area contributed by atoms with Gasteiger partial charge in [-0.25, -0.2) is 0 Å². The van der Waals surface area contributed by atoms with E-state index < -0.39 is 8.80 Å². The summed E-state index contributed by atoms with van der Waals surface area (Å²) in [4.78, 5) is 0. The minimum atomic E-state index is -2.64. The maximum atomic E-state index is 5.98. The zero-order chi connectivity index (χ0) is 13.8. The second-order valence-electron chi connectivity index (χ2n) is 4.54. The van der Waals surface area contributed by atoms with Crippen LogP contribution in [0.25, 0.3) is 0 Å². The molecule has 0 heterocycles. The maximum Gasteiger partial charge on any atom is 0.512 e. The highest BCUT2D eigenvalue weighted by Crippen LogP contribution is 2.42. The molecule has 0 radical (unpaired) electrons. The monoisotopic (exact) mass is 270 g/mol. The van der Waals surface area contributed by atoms with Crippen LogP contribution in [0.4, 0.5) is 0 Å². The van der Waals surface area contributed by atoms with Crippen molar-refractivity contribution >= 4 is 8.80 Å². The van der Waals surface area contributed by atoms with Crippen molar-refractivity contribution in [3.63, 3.8) is 0 Å². The van der Waals surface area contributed by atoms with Gasteiger partial charge >= 0.3 is 8.80 Å². The molecule has 0 saturated carbocycles. The SMILES string of the molecule is CCO[Si](OCC)(OCC)C1C=C(C)C(C)=C1C. The maximum absolute atomic E-state index is 5.98. The van der Waals surface area contributed by atoms with Gasteiger partial charge in [0.15, 0.2) is 0 Å². The number of rotatable bonds is 7. The van der Waals surface area contributed by atoms with E-state index in [2.05, 4.69) is 26.8 Å². The lowest BCUT2D eigenvalue weighted by Gasteiger charge is -2.33. The molecule has 1 atom stereocenters. The Balaban J connectivity index is 3.10. The molecule has 1 aliphatic carbocycles. The van der Waals surface area contributed by atoms with E-state index in [-0.39, 0.29) is 5.54 Å². The summed E-state index contributed by atoms with van der Waals surface area (Å²) < 4.78 is 17.9. The highest BCUT2D eigenvalue weighted by atomic mass is 28.4. The quantitative estimate of drug-likeness (QED) is 0.660. The van der Waals surface area contributed by atoms with E-state index >= 15 is 0 Å². The lowest BCUT2D eigenvalue weighted by molar-refractivity contribution is 0.0682. The fraction of sp³-hybridized carbons (Fsp3) is 0.714. The molecule has 18 heavy (non-hydrogen) atoms. The van der Waals surface area contributed by atoms with Gasteiger partial charge in [-0.05, 0) is 47.1 Å². The molecule has 0 fully saturated rings. The Morgan fingerprint density at radius 3 is 1.67 bits per heavy atom. The lowest BCUT2D eigenvalue weighted by atomic mass is 10.1. The summed E-state index contributed by atoms with van der Waals surface area (Å²) in [6.45, 7) is 14.3. The minimum Gasteiger partial charge on any atom is -0.373 e. The van der Waals surface area contributed by atoms with Crippen LogP contribution in [0, 0.1) is 0 Å². The average molecular weight is 270 g/mol. The first kappa shape index (κ1) is 15.6. The zero-order valence-corrected chi connectivity index (χ0v) is 13.5. The first-order chi connectivity index (χ1) is 8.52. The summed E-state index contributed by atoms with van der Waals surface area (Å²) in [7, 11) is -2.64. The fourth-order valence-corrected chi connectivity index (χ4v) is 5.61. The Morgan fingerprint density at radius 2 is 1.39 bits per heavy atom. The predicted molar refractivity (Wildman–Crippen MR) is 76.5 cm³/mol. The molecule has 1 aliphatic rings. The third kappa shape index (κ3) is 2.94. The summed E-state index contributed by atoms with van der Waals surface area (Å²) in [5.41, 5.74) is 4.16. The van der Waals surface area contributed by atoms with Crippen LogP contribution in [0.3, 0.4) is 0 Å². The van der Waals surface area contributed by atoms with Gasteiger partial charge in [-0.1, -0.05) is 17.2 Å². The van der Waals surface area contributed by atoms with E-state index in [1.54, 1.807) is 0 Å². The van der Waals surface area contributed by atoms with E-state index in [9.17, 15) is 0 Å². The molecule has 1 rings (SSSR count). The van der Waals surface area contributed by atoms with Crippen molar-refractivity contribution in [3.05, 3.63) is 22.8 Å². The number of allylic oxidation sites excluding steroid dienone is 4. The van der Waals surface area contributed by atoms with Crippen molar-refractivity contribution in [1.82, 2.24) is 0 Å². The van der Waals surface area contributed by atoms with Crippen LogP contribution >= 0.6 is 0 Å². The van der Waals surface area contributed by atoms with Crippen LogP contribution in [-0.4, -0.2) is 28.6 Å². The second kappa shape index (κ2) is 6.66. The molecule has 0 bridgehead atoms. The van der Waals surface area contributed by atoms with Crippen molar-refractivity contribution in [2.45, 2.75) is 47.1 Å². The number of hydrogen-bond acceptors (Lipinski definition) is 3. The Bertz CT molecular complexity index is 330. The Labute approximate surface area is 112 Å². The van der Waals surface area contributed by atoms with Crippen molar-refractivity contribution in [3.8, 4) is 0 Å². The Hall–Kier alpha value is -0.423.